The number of aromatic nitrogens is 3. The van der Waals surface area contributed by atoms with Crippen LogP contribution in [0, 0.1) is 5.41 Å². The van der Waals surface area contributed by atoms with Crippen LogP contribution in [-0.2, 0) is 11.2 Å². The summed E-state index contributed by atoms with van der Waals surface area (Å²) in [5.41, 5.74) is 0.814. The second kappa shape index (κ2) is 7.20. The first kappa shape index (κ1) is 21.2. The van der Waals surface area contributed by atoms with Crippen LogP contribution in [0.15, 0.2) is 47.2 Å². The molecule has 0 amide bonds. The lowest BCUT2D eigenvalue weighted by atomic mass is 9.62. The minimum atomic E-state index is -1.24. The summed E-state index contributed by atoms with van der Waals surface area (Å²) in [6.07, 6.45) is 4.64. The van der Waals surface area contributed by atoms with Crippen LogP contribution >= 0.6 is 0 Å². The molecule has 1 saturated carbocycles. The molecule has 0 bridgehead atoms. The highest BCUT2D eigenvalue weighted by molar-refractivity contribution is 5.56. The standard InChI is InChI=1S/C25H30N4O3/c1-16(2)17-5-7-19(8-6-17)25(31,23(3)14-29(4)15-23)20-11-18(12-26-13-20)21-27-22(32-28-21)24(30)9-10-24/h5-8,11-13,16,30-31H,9-10,14-15H2,1-4H3. The molecule has 168 valence electrons. The molecule has 1 unspecified atom stereocenters. The van der Waals surface area contributed by atoms with Gasteiger partial charge in [0, 0.05) is 42.0 Å². The molecule has 1 saturated heterocycles. The Labute approximate surface area is 188 Å². The maximum Gasteiger partial charge on any atom is 0.258 e. The Hall–Kier alpha value is -2.61. The molecule has 7 nitrogen and oxygen atoms in total. The number of hydrogen-bond donors (Lipinski definition) is 2. The third-order valence-corrected chi connectivity index (χ3v) is 7.07. The van der Waals surface area contributed by atoms with Crippen molar-refractivity contribution in [1.82, 2.24) is 20.0 Å². The van der Waals surface area contributed by atoms with Crippen molar-refractivity contribution >= 4 is 0 Å². The van der Waals surface area contributed by atoms with Crippen molar-refractivity contribution in [1.29, 1.82) is 0 Å². The lowest BCUT2D eigenvalue weighted by Gasteiger charge is -2.55. The molecule has 0 radical (unpaired) electrons. The van der Waals surface area contributed by atoms with E-state index >= 15 is 0 Å². The summed E-state index contributed by atoms with van der Waals surface area (Å²) < 4.78 is 5.30. The van der Waals surface area contributed by atoms with Gasteiger partial charge in [-0.1, -0.05) is 50.2 Å². The predicted molar refractivity (Wildman–Crippen MR) is 120 cm³/mol. The van der Waals surface area contributed by atoms with E-state index in [1.54, 1.807) is 12.4 Å². The van der Waals surface area contributed by atoms with Gasteiger partial charge in [-0.05, 0) is 43.0 Å². The first-order valence-corrected chi connectivity index (χ1v) is 11.2. The van der Waals surface area contributed by atoms with E-state index in [2.05, 4.69) is 60.0 Å². The molecule has 2 fully saturated rings. The summed E-state index contributed by atoms with van der Waals surface area (Å²) in [6, 6.07) is 10.1. The molecule has 5 rings (SSSR count). The van der Waals surface area contributed by atoms with Crippen molar-refractivity contribution in [2.24, 2.45) is 5.41 Å². The molecular weight excluding hydrogens is 404 g/mol. The van der Waals surface area contributed by atoms with Crippen molar-refractivity contribution in [2.75, 3.05) is 20.1 Å². The van der Waals surface area contributed by atoms with Gasteiger partial charge in [-0.15, -0.1) is 0 Å². The van der Waals surface area contributed by atoms with Crippen molar-refractivity contribution in [3.05, 3.63) is 65.3 Å². The Morgan fingerprint density at radius 2 is 1.78 bits per heavy atom. The lowest BCUT2D eigenvalue weighted by Crippen LogP contribution is -2.63. The smallest absolute Gasteiger partial charge is 0.258 e. The number of benzene rings is 1. The fourth-order valence-electron chi connectivity index (χ4n) is 4.97. The quantitative estimate of drug-likeness (QED) is 0.614. The molecule has 2 aromatic heterocycles. The second-order valence-electron chi connectivity index (χ2n) is 10.1. The summed E-state index contributed by atoms with van der Waals surface area (Å²) in [7, 11) is 2.06. The molecule has 2 aliphatic rings. The largest absolute Gasteiger partial charge is 0.380 e. The third-order valence-electron chi connectivity index (χ3n) is 7.07. The van der Waals surface area contributed by atoms with E-state index in [1.807, 2.05) is 18.2 Å². The average Bonchev–Trinajstić information content (AvgIpc) is 3.31. The number of pyridine rings is 1. The van der Waals surface area contributed by atoms with Crippen molar-refractivity contribution in [3.63, 3.8) is 0 Å². The molecule has 7 heteroatoms. The van der Waals surface area contributed by atoms with E-state index in [1.165, 1.54) is 5.56 Å². The van der Waals surface area contributed by atoms with Crippen molar-refractivity contribution in [2.45, 2.75) is 50.7 Å². The Balaban J connectivity index is 1.58. The SMILES string of the molecule is CC(C)c1ccc(C(O)(c2cncc(-c3noc(C4(O)CC4)n3)c2)C2(C)CN(C)C2)cc1. The first-order valence-electron chi connectivity index (χ1n) is 11.2. The molecule has 1 atom stereocenters. The van der Waals surface area contributed by atoms with Gasteiger partial charge in [0.25, 0.3) is 5.89 Å². The van der Waals surface area contributed by atoms with Crippen LogP contribution < -0.4 is 0 Å². The fourth-order valence-corrected chi connectivity index (χ4v) is 4.97. The highest BCUT2D eigenvalue weighted by Gasteiger charge is 2.55. The second-order valence-corrected chi connectivity index (χ2v) is 10.1. The highest BCUT2D eigenvalue weighted by Crippen LogP contribution is 2.50. The van der Waals surface area contributed by atoms with Crippen LogP contribution in [0.3, 0.4) is 0 Å². The molecular formula is C25H30N4O3. The van der Waals surface area contributed by atoms with Gasteiger partial charge in [-0.2, -0.15) is 4.98 Å². The number of nitrogens with zero attached hydrogens (tertiary/aromatic N) is 4. The van der Waals surface area contributed by atoms with Gasteiger partial charge in [0.1, 0.15) is 11.2 Å². The van der Waals surface area contributed by atoms with Gasteiger partial charge in [-0.3, -0.25) is 4.98 Å². The zero-order valence-electron chi connectivity index (χ0n) is 19.0. The minimum absolute atomic E-state index is 0.241. The van der Waals surface area contributed by atoms with Crippen LogP contribution in [-0.4, -0.2) is 50.4 Å². The molecule has 2 N–H and O–H groups in total. The van der Waals surface area contributed by atoms with Crippen LogP contribution in [0.25, 0.3) is 11.4 Å². The third kappa shape index (κ3) is 3.27. The summed E-state index contributed by atoms with van der Waals surface area (Å²) in [5.74, 6) is 1.02. The Morgan fingerprint density at radius 3 is 2.38 bits per heavy atom. The van der Waals surface area contributed by atoms with E-state index < -0.39 is 11.2 Å². The number of aliphatic hydroxyl groups is 2. The minimum Gasteiger partial charge on any atom is -0.380 e. The zero-order valence-corrected chi connectivity index (χ0v) is 19.0. The number of likely N-dealkylation sites (tertiary alicyclic amines) is 1. The normalized spacial score (nSPS) is 21.2. The van der Waals surface area contributed by atoms with Gasteiger partial charge in [0.05, 0.1) is 0 Å². The average molecular weight is 435 g/mol. The van der Waals surface area contributed by atoms with E-state index in [0.717, 1.165) is 18.7 Å². The Bertz CT molecular complexity index is 1130. The summed E-state index contributed by atoms with van der Waals surface area (Å²) in [6.45, 7) is 7.96. The van der Waals surface area contributed by atoms with Crippen LogP contribution in [0.5, 0.6) is 0 Å². The van der Waals surface area contributed by atoms with Gasteiger partial charge in [-0.25, -0.2) is 0 Å². The molecule has 3 aromatic rings. The maximum absolute atomic E-state index is 12.3. The summed E-state index contributed by atoms with van der Waals surface area (Å²) >= 11 is 0. The fraction of sp³-hybridized carbons (Fsp3) is 0.480. The van der Waals surface area contributed by atoms with Crippen LogP contribution in [0.1, 0.15) is 62.1 Å². The monoisotopic (exact) mass is 434 g/mol. The van der Waals surface area contributed by atoms with E-state index in [4.69, 9.17) is 4.52 Å². The number of rotatable bonds is 6. The highest BCUT2D eigenvalue weighted by atomic mass is 16.5. The van der Waals surface area contributed by atoms with Crippen LogP contribution in [0.4, 0.5) is 0 Å². The summed E-state index contributed by atoms with van der Waals surface area (Å²) in [4.78, 5) is 11.0. The Kier molecular flexibility index (Phi) is 4.78. The first-order chi connectivity index (χ1) is 15.1. The van der Waals surface area contributed by atoms with E-state index in [-0.39, 0.29) is 11.3 Å². The molecule has 0 spiro atoms. The van der Waals surface area contributed by atoms with Crippen LogP contribution in [0.2, 0.25) is 0 Å². The van der Waals surface area contributed by atoms with Crippen molar-refractivity contribution < 1.29 is 14.7 Å². The summed E-state index contributed by atoms with van der Waals surface area (Å²) in [5, 5.41) is 26.6. The van der Waals surface area contributed by atoms with Gasteiger partial charge >= 0.3 is 0 Å². The van der Waals surface area contributed by atoms with Gasteiger partial charge in [0.15, 0.2) is 0 Å². The van der Waals surface area contributed by atoms with Crippen molar-refractivity contribution in [3.8, 4) is 11.4 Å². The Morgan fingerprint density at radius 1 is 1.09 bits per heavy atom. The van der Waals surface area contributed by atoms with Gasteiger partial charge in [0.2, 0.25) is 5.82 Å². The van der Waals surface area contributed by atoms with E-state index in [9.17, 15) is 10.2 Å². The molecule has 1 aliphatic heterocycles. The van der Waals surface area contributed by atoms with E-state index in [0.29, 0.717) is 35.7 Å². The molecule has 3 heterocycles. The molecule has 1 aliphatic carbocycles. The molecule has 32 heavy (non-hydrogen) atoms. The predicted octanol–water partition coefficient (Wildman–Crippen LogP) is 3.42. The zero-order chi connectivity index (χ0) is 22.7. The maximum atomic E-state index is 12.3. The number of hydrogen-bond acceptors (Lipinski definition) is 7. The molecule has 1 aromatic carbocycles. The lowest BCUT2D eigenvalue weighted by molar-refractivity contribution is -0.127. The topological polar surface area (TPSA) is 95.5 Å². The van der Waals surface area contributed by atoms with Gasteiger partial charge < -0.3 is 19.6 Å².